The summed E-state index contributed by atoms with van der Waals surface area (Å²) in [5.74, 6) is 2.48. The zero-order chi connectivity index (χ0) is 35.7. The van der Waals surface area contributed by atoms with Crippen LogP contribution in [-0.4, -0.2) is 41.3 Å². The van der Waals surface area contributed by atoms with Crippen LogP contribution in [0.5, 0.6) is 0 Å². The molecule has 2 amide bonds. The van der Waals surface area contributed by atoms with E-state index in [0.717, 1.165) is 83.5 Å². The number of carbonyl (C=O) groups excluding carboxylic acids is 1. The van der Waals surface area contributed by atoms with E-state index in [-0.39, 0.29) is 36.3 Å². The van der Waals surface area contributed by atoms with Crippen LogP contribution in [0.25, 0.3) is 11.1 Å². The average Bonchev–Trinajstić information content (AvgIpc) is 3.15. The number of rotatable bonds is 11. The quantitative estimate of drug-likeness (QED) is 0.146. The molecule has 0 unspecified atom stereocenters. The lowest BCUT2D eigenvalue weighted by Crippen LogP contribution is -2.61. The summed E-state index contributed by atoms with van der Waals surface area (Å²) < 4.78 is 13.6. The minimum Gasteiger partial charge on any atom is -0.392 e. The Morgan fingerprint density at radius 2 is 1.42 bits per heavy atom. The number of urea groups is 1. The van der Waals surface area contributed by atoms with Crippen molar-refractivity contribution >= 4 is 6.03 Å². The van der Waals surface area contributed by atoms with Crippen LogP contribution in [0.15, 0.2) is 103 Å². The monoisotopic (exact) mass is 699 g/mol. The number of aliphatic hydroxyl groups excluding tert-OH is 1. The fourth-order valence-corrected chi connectivity index (χ4v) is 10.1. The van der Waals surface area contributed by atoms with Crippen molar-refractivity contribution in [2.24, 2.45) is 23.7 Å². The van der Waals surface area contributed by atoms with E-state index in [1.165, 1.54) is 24.8 Å². The Hall–Kier alpha value is -4.01. The zero-order valence-electron chi connectivity index (χ0n) is 30.5. The molecule has 52 heavy (non-hydrogen) atoms. The van der Waals surface area contributed by atoms with Crippen LogP contribution in [0.4, 0.5) is 4.79 Å². The molecule has 3 N–H and O–H groups in total. The molecule has 0 spiro atoms. The van der Waals surface area contributed by atoms with Crippen LogP contribution >= 0.6 is 0 Å². The van der Waals surface area contributed by atoms with Crippen molar-refractivity contribution in [3.63, 3.8) is 0 Å². The summed E-state index contributed by atoms with van der Waals surface area (Å²) in [6.45, 7) is 4.29. The first-order valence-electron chi connectivity index (χ1n) is 19.3. The third kappa shape index (κ3) is 7.84. The lowest BCUT2D eigenvalue weighted by atomic mass is 9.53. The Morgan fingerprint density at radius 3 is 2.12 bits per heavy atom. The molecule has 1 aliphatic heterocycles. The van der Waals surface area contributed by atoms with Crippen molar-refractivity contribution in [2.75, 3.05) is 13.6 Å². The highest BCUT2D eigenvalue weighted by Gasteiger charge is 2.51. The van der Waals surface area contributed by atoms with Gasteiger partial charge in [-0.05, 0) is 109 Å². The number of ether oxygens (including phenoxy) is 2. The fourth-order valence-electron chi connectivity index (χ4n) is 10.1. The van der Waals surface area contributed by atoms with Crippen LogP contribution in [0.1, 0.15) is 85.7 Å². The molecule has 4 saturated carbocycles. The van der Waals surface area contributed by atoms with Crippen LogP contribution in [-0.2, 0) is 29.2 Å². The van der Waals surface area contributed by atoms with Gasteiger partial charge in [0.2, 0.25) is 0 Å². The van der Waals surface area contributed by atoms with Crippen molar-refractivity contribution in [1.29, 1.82) is 0 Å². The summed E-state index contributed by atoms with van der Waals surface area (Å²) in [6, 6.07) is 35.5. The molecule has 272 valence electrons. The Kier molecular flexibility index (Phi) is 10.2. The van der Waals surface area contributed by atoms with Gasteiger partial charge in [0.25, 0.3) is 0 Å². The predicted molar refractivity (Wildman–Crippen MR) is 204 cm³/mol. The van der Waals surface area contributed by atoms with Gasteiger partial charge < -0.3 is 25.2 Å². The molecule has 5 fully saturated rings. The summed E-state index contributed by atoms with van der Waals surface area (Å²) >= 11 is 0. The van der Waals surface area contributed by atoms with E-state index >= 15 is 0 Å². The van der Waals surface area contributed by atoms with E-state index in [4.69, 9.17) is 9.47 Å². The molecule has 4 bridgehead atoms. The standard InChI is InChI=1S/C45H53N3O4/c1-30-41(28-48(2)27-31-8-4-3-5-9-31)51-43(52-42(30)37-16-14-32(29-49)15-17-37)40-13-7-12-39(22-40)38-11-6-10-33(21-38)26-46-44(50)47-45-23-34-18-35(24-45)20-36(19-34)25-45/h3-17,21-22,30,34-36,41-43,49H,18-20,23-29H2,1-2H3,(H2,46,47,50)/t30-,34?,35?,36?,41+,42+,43+,45?/m0/s1. The number of hydrogen-bond donors (Lipinski definition) is 3. The number of amides is 2. The minimum absolute atomic E-state index is 0.000378. The van der Waals surface area contributed by atoms with Gasteiger partial charge in [-0.15, -0.1) is 0 Å². The maximum Gasteiger partial charge on any atom is 0.315 e. The van der Waals surface area contributed by atoms with Crippen molar-refractivity contribution in [3.8, 4) is 11.1 Å². The summed E-state index contributed by atoms with van der Waals surface area (Å²) in [5, 5.41) is 16.3. The highest BCUT2D eigenvalue weighted by atomic mass is 16.7. The Morgan fingerprint density at radius 1 is 0.769 bits per heavy atom. The molecule has 4 aromatic carbocycles. The summed E-state index contributed by atoms with van der Waals surface area (Å²) in [4.78, 5) is 15.5. The molecule has 9 rings (SSSR count). The average molecular weight is 700 g/mol. The van der Waals surface area contributed by atoms with Gasteiger partial charge in [-0.3, -0.25) is 4.90 Å². The molecular formula is C45H53N3O4. The first-order chi connectivity index (χ1) is 25.3. The molecule has 0 radical (unpaired) electrons. The maximum atomic E-state index is 13.2. The maximum absolute atomic E-state index is 13.2. The molecule has 4 atom stereocenters. The van der Waals surface area contributed by atoms with E-state index in [0.29, 0.717) is 6.54 Å². The lowest BCUT2D eigenvalue weighted by molar-refractivity contribution is -0.276. The van der Waals surface area contributed by atoms with Gasteiger partial charge in [0.1, 0.15) is 0 Å². The van der Waals surface area contributed by atoms with Gasteiger partial charge in [-0.2, -0.15) is 0 Å². The molecular weight excluding hydrogens is 647 g/mol. The number of likely N-dealkylation sites (N-methyl/N-ethyl adjacent to an activating group) is 1. The largest absolute Gasteiger partial charge is 0.392 e. The molecule has 4 aromatic rings. The van der Waals surface area contributed by atoms with Crippen LogP contribution < -0.4 is 10.6 Å². The third-order valence-electron chi connectivity index (χ3n) is 12.2. The number of aliphatic hydroxyl groups is 1. The molecule has 7 heteroatoms. The zero-order valence-corrected chi connectivity index (χ0v) is 30.5. The van der Waals surface area contributed by atoms with Crippen LogP contribution in [0.3, 0.4) is 0 Å². The van der Waals surface area contributed by atoms with E-state index in [2.05, 4.69) is 114 Å². The predicted octanol–water partition coefficient (Wildman–Crippen LogP) is 8.54. The Bertz CT molecular complexity index is 1790. The molecule has 1 saturated heterocycles. The normalized spacial score (nSPS) is 29.3. The van der Waals surface area contributed by atoms with Gasteiger partial charge in [0.05, 0.1) is 18.8 Å². The van der Waals surface area contributed by atoms with E-state index < -0.39 is 6.29 Å². The van der Waals surface area contributed by atoms with Crippen LogP contribution in [0, 0.1) is 23.7 Å². The highest BCUT2D eigenvalue weighted by Crippen LogP contribution is 2.55. The van der Waals surface area contributed by atoms with Gasteiger partial charge >= 0.3 is 6.03 Å². The second-order valence-electron chi connectivity index (χ2n) is 16.3. The van der Waals surface area contributed by atoms with Crippen LogP contribution in [0.2, 0.25) is 0 Å². The van der Waals surface area contributed by atoms with E-state index in [1.807, 2.05) is 18.2 Å². The van der Waals surface area contributed by atoms with Crippen molar-refractivity contribution in [1.82, 2.24) is 15.5 Å². The number of carbonyl (C=O) groups is 1. The first kappa shape index (κ1) is 35.0. The highest BCUT2D eigenvalue weighted by molar-refractivity contribution is 5.75. The summed E-state index contributed by atoms with van der Waals surface area (Å²) in [6.07, 6.45) is 6.73. The third-order valence-corrected chi connectivity index (χ3v) is 12.2. The Labute approximate surface area is 308 Å². The minimum atomic E-state index is -0.549. The second-order valence-corrected chi connectivity index (χ2v) is 16.3. The molecule has 5 aliphatic rings. The summed E-state index contributed by atoms with van der Waals surface area (Å²) in [7, 11) is 2.15. The SMILES string of the molecule is C[C@H]1[C@@H](CN(C)Cc2ccccc2)O[C@@H](c2cccc(-c3cccc(CNC(=O)NC45CC6CC(CC(C6)C4)C5)c3)c2)O[C@H]1c1ccc(CO)cc1. The number of nitrogens with one attached hydrogen (secondary N) is 2. The van der Waals surface area contributed by atoms with Crippen molar-refractivity contribution < 1.29 is 19.4 Å². The molecule has 4 aliphatic carbocycles. The van der Waals surface area contributed by atoms with E-state index in [9.17, 15) is 9.90 Å². The Balaban J connectivity index is 0.966. The first-order valence-corrected chi connectivity index (χ1v) is 19.3. The second kappa shape index (κ2) is 15.2. The molecule has 0 aromatic heterocycles. The fraction of sp³-hybridized carbons (Fsp3) is 0.444. The topological polar surface area (TPSA) is 83.1 Å². The van der Waals surface area contributed by atoms with Crippen molar-refractivity contribution in [2.45, 2.75) is 89.2 Å². The number of nitrogens with zero attached hydrogens (tertiary/aromatic N) is 1. The molecule has 7 nitrogen and oxygen atoms in total. The smallest absolute Gasteiger partial charge is 0.315 e. The number of benzene rings is 4. The van der Waals surface area contributed by atoms with Gasteiger partial charge in [-0.25, -0.2) is 4.79 Å². The van der Waals surface area contributed by atoms with Crippen molar-refractivity contribution in [3.05, 3.63) is 131 Å². The molecule has 1 heterocycles. The van der Waals surface area contributed by atoms with Gasteiger partial charge in [-0.1, -0.05) is 97.9 Å². The number of hydrogen-bond acceptors (Lipinski definition) is 5. The van der Waals surface area contributed by atoms with Gasteiger partial charge in [0.15, 0.2) is 6.29 Å². The van der Waals surface area contributed by atoms with Gasteiger partial charge in [0, 0.05) is 36.7 Å². The summed E-state index contributed by atoms with van der Waals surface area (Å²) in [5.41, 5.74) is 7.42. The lowest BCUT2D eigenvalue weighted by Gasteiger charge is -2.56. The van der Waals surface area contributed by atoms with E-state index in [1.54, 1.807) is 0 Å².